The average molecular weight is 430 g/mol. The van der Waals surface area contributed by atoms with Crippen molar-refractivity contribution in [3.63, 3.8) is 0 Å². The third-order valence-electron chi connectivity index (χ3n) is 7.78. The number of allylic oxidation sites excluding steroid dienone is 4. The van der Waals surface area contributed by atoms with Crippen molar-refractivity contribution in [2.75, 3.05) is 5.84 Å². The normalized spacial score (nSPS) is 23.6. The first-order valence-electron chi connectivity index (χ1n) is 12.0. The highest BCUT2D eigenvalue weighted by atomic mass is 15.3. The van der Waals surface area contributed by atoms with Gasteiger partial charge < -0.3 is 10.8 Å². The molecule has 33 heavy (non-hydrogen) atoms. The van der Waals surface area contributed by atoms with Crippen molar-refractivity contribution in [2.45, 2.75) is 19.3 Å². The van der Waals surface area contributed by atoms with E-state index in [0.717, 1.165) is 30.1 Å². The van der Waals surface area contributed by atoms with Crippen molar-refractivity contribution in [1.29, 1.82) is 0 Å². The first-order valence-corrected chi connectivity index (χ1v) is 12.0. The first kappa shape index (κ1) is 18.8. The van der Waals surface area contributed by atoms with E-state index < -0.39 is 0 Å². The summed E-state index contributed by atoms with van der Waals surface area (Å²) in [4.78, 5) is 3.58. The molecule has 0 saturated carbocycles. The van der Waals surface area contributed by atoms with Crippen LogP contribution in [-0.2, 0) is 0 Å². The molecule has 2 aromatic carbocycles. The van der Waals surface area contributed by atoms with Gasteiger partial charge in [-0.1, -0.05) is 78.9 Å². The molecule has 0 aliphatic heterocycles. The Hall–Kier alpha value is -3.72. The summed E-state index contributed by atoms with van der Waals surface area (Å²) in [5, 5.41) is 7.67. The lowest BCUT2D eigenvalue weighted by molar-refractivity contribution is 0.502. The predicted octanol–water partition coefficient (Wildman–Crippen LogP) is 3.20. The maximum Gasteiger partial charge on any atom is 0.0703 e. The Bertz CT molecular complexity index is 1720. The second kappa shape index (κ2) is 7.14. The van der Waals surface area contributed by atoms with Gasteiger partial charge in [0.25, 0.3) is 0 Å². The average Bonchev–Trinajstić information content (AvgIpc) is 3.39. The van der Waals surface area contributed by atoms with Crippen LogP contribution in [0.5, 0.6) is 0 Å². The van der Waals surface area contributed by atoms with E-state index in [0.29, 0.717) is 17.8 Å². The van der Waals surface area contributed by atoms with E-state index in [1.54, 1.807) is 0 Å². The Kier molecular flexibility index (Phi) is 4.07. The lowest BCUT2D eigenvalue weighted by atomic mass is 9.78. The maximum atomic E-state index is 6.40. The smallest absolute Gasteiger partial charge is 0.0703 e. The highest BCUT2D eigenvalue weighted by molar-refractivity contribution is 5.83. The van der Waals surface area contributed by atoms with Gasteiger partial charge in [-0.25, -0.2) is 0 Å². The van der Waals surface area contributed by atoms with Gasteiger partial charge in [0.05, 0.1) is 10.9 Å². The van der Waals surface area contributed by atoms with Gasteiger partial charge >= 0.3 is 0 Å². The van der Waals surface area contributed by atoms with Crippen LogP contribution in [0.1, 0.15) is 19.3 Å². The second-order valence-corrected chi connectivity index (χ2v) is 9.64. The van der Waals surface area contributed by atoms with E-state index in [9.17, 15) is 0 Å². The molecule has 2 unspecified atom stereocenters. The van der Waals surface area contributed by atoms with Crippen LogP contribution in [0, 0.1) is 17.8 Å². The number of fused-ring (bicyclic) bond motifs is 6. The van der Waals surface area contributed by atoms with Crippen molar-refractivity contribution < 1.29 is 0 Å². The van der Waals surface area contributed by atoms with Crippen LogP contribution in [0.4, 0.5) is 0 Å². The predicted molar refractivity (Wildman–Crippen MR) is 138 cm³/mol. The number of nitrogens with two attached hydrogens (primary N) is 1. The van der Waals surface area contributed by atoms with Gasteiger partial charge in [-0.15, -0.1) is 0 Å². The molecular weight excluding hydrogens is 402 g/mol. The molecule has 0 fully saturated rings. The molecular formula is C30H27N3. The highest BCUT2D eigenvalue weighted by Gasteiger charge is 2.24. The minimum absolute atomic E-state index is 0.435. The van der Waals surface area contributed by atoms with Crippen LogP contribution in [-0.4, -0.2) is 9.66 Å². The number of aromatic nitrogens is 2. The molecule has 0 saturated heterocycles. The summed E-state index contributed by atoms with van der Waals surface area (Å²) in [6.45, 7) is 0. The third-order valence-corrected chi connectivity index (χ3v) is 7.78. The summed E-state index contributed by atoms with van der Waals surface area (Å²) >= 11 is 0. The Morgan fingerprint density at radius 2 is 1.61 bits per heavy atom. The fourth-order valence-corrected chi connectivity index (χ4v) is 6.07. The molecule has 3 heteroatoms. The SMILES string of the molecule is Nn1c2c(c3ccccc31)=CC(C1C=C([C@@H]3C=c4c([nH]c5ccccc45)=CC3)C=CC1)CC=2. The molecule has 0 bridgehead atoms. The van der Waals surface area contributed by atoms with Gasteiger partial charge in [0.2, 0.25) is 0 Å². The van der Waals surface area contributed by atoms with Crippen LogP contribution in [0.15, 0.2) is 72.3 Å². The fraction of sp³-hybridized carbons (Fsp3) is 0.200. The molecule has 162 valence electrons. The number of rotatable bonds is 2. The van der Waals surface area contributed by atoms with Crippen LogP contribution < -0.4 is 27.0 Å². The summed E-state index contributed by atoms with van der Waals surface area (Å²) < 4.78 is 1.85. The molecule has 3 aliphatic rings. The van der Waals surface area contributed by atoms with E-state index >= 15 is 0 Å². The molecule has 7 rings (SSSR count). The number of para-hydroxylation sites is 2. The Labute approximate surface area is 192 Å². The first-order chi connectivity index (χ1) is 16.3. The Morgan fingerprint density at radius 1 is 0.788 bits per heavy atom. The van der Waals surface area contributed by atoms with E-state index in [-0.39, 0.29) is 0 Å². The zero-order valence-electron chi connectivity index (χ0n) is 18.5. The summed E-state index contributed by atoms with van der Waals surface area (Å²) in [6, 6.07) is 17.1. The van der Waals surface area contributed by atoms with Crippen LogP contribution in [0.25, 0.3) is 46.1 Å². The number of hydrogen-bond donors (Lipinski definition) is 2. The fourth-order valence-electron chi connectivity index (χ4n) is 6.07. The number of hydrogen-bond acceptors (Lipinski definition) is 1. The van der Waals surface area contributed by atoms with Gasteiger partial charge in [-0.3, -0.25) is 4.68 Å². The summed E-state index contributed by atoms with van der Waals surface area (Å²) in [6.07, 6.45) is 20.1. The van der Waals surface area contributed by atoms with Crippen molar-refractivity contribution in [3.8, 4) is 0 Å². The molecule has 3 nitrogen and oxygen atoms in total. The quantitative estimate of drug-likeness (QED) is 0.473. The lowest BCUT2D eigenvalue weighted by Gasteiger charge is -2.27. The number of H-pyrrole nitrogens is 1. The third kappa shape index (κ3) is 2.88. The topological polar surface area (TPSA) is 46.7 Å². The van der Waals surface area contributed by atoms with E-state index in [1.165, 1.54) is 37.6 Å². The summed E-state index contributed by atoms with van der Waals surface area (Å²) in [5.74, 6) is 7.86. The molecule has 0 radical (unpaired) electrons. The molecule has 3 N–H and O–H groups in total. The minimum atomic E-state index is 0.435. The number of nitrogens with one attached hydrogen (secondary N) is 1. The minimum Gasteiger partial charge on any atom is -0.355 e. The van der Waals surface area contributed by atoms with Crippen molar-refractivity contribution in [2.24, 2.45) is 17.8 Å². The van der Waals surface area contributed by atoms with Gasteiger partial charge in [-0.2, -0.15) is 0 Å². The number of nitrogens with zero attached hydrogens (tertiary/aromatic N) is 1. The van der Waals surface area contributed by atoms with Crippen molar-refractivity contribution in [1.82, 2.24) is 9.66 Å². The zero-order chi connectivity index (χ0) is 21.9. The lowest BCUT2D eigenvalue weighted by Crippen LogP contribution is -2.37. The number of aromatic amines is 1. The molecule has 0 spiro atoms. The molecule has 3 atom stereocenters. The van der Waals surface area contributed by atoms with E-state index in [1.807, 2.05) is 4.68 Å². The molecule has 2 aromatic heterocycles. The number of nitrogen functional groups attached to an aromatic ring is 1. The van der Waals surface area contributed by atoms with Crippen molar-refractivity contribution >= 4 is 46.1 Å². The van der Waals surface area contributed by atoms with Crippen LogP contribution in [0.3, 0.4) is 0 Å². The Morgan fingerprint density at radius 3 is 2.55 bits per heavy atom. The summed E-state index contributed by atoms with van der Waals surface area (Å²) in [7, 11) is 0. The number of benzene rings is 2. The van der Waals surface area contributed by atoms with Gasteiger partial charge in [0.1, 0.15) is 0 Å². The molecule has 3 aliphatic carbocycles. The van der Waals surface area contributed by atoms with Crippen LogP contribution >= 0.6 is 0 Å². The molecule has 4 aromatic rings. The van der Waals surface area contributed by atoms with E-state index in [2.05, 4.69) is 96.0 Å². The molecule has 2 heterocycles. The highest BCUT2D eigenvalue weighted by Crippen LogP contribution is 2.33. The largest absolute Gasteiger partial charge is 0.355 e. The standard InChI is InChI=1S/C30H27N3/c31-33-29-11-4-2-9-24(29)26-18-22(13-15-30(26)33)20-7-5-6-19(16-20)21-12-14-28-25(17-21)23-8-1-3-10-27(23)32-28/h1-6,8-11,14-18,20-22,32H,7,12-13,31H2/t20?,21-,22?/m0/s1. The zero-order valence-corrected chi connectivity index (χ0v) is 18.5. The van der Waals surface area contributed by atoms with Crippen molar-refractivity contribution in [3.05, 3.63) is 93.5 Å². The Balaban J connectivity index is 1.27. The monoisotopic (exact) mass is 429 g/mol. The summed E-state index contributed by atoms with van der Waals surface area (Å²) in [5.41, 5.74) is 3.79. The second-order valence-electron chi connectivity index (χ2n) is 9.64. The maximum absolute atomic E-state index is 6.40. The van der Waals surface area contributed by atoms with Gasteiger partial charge in [-0.05, 0) is 48.8 Å². The van der Waals surface area contributed by atoms with Crippen LogP contribution in [0.2, 0.25) is 0 Å². The van der Waals surface area contributed by atoms with E-state index in [4.69, 9.17) is 5.84 Å². The van der Waals surface area contributed by atoms with Gasteiger partial charge in [0, 0.05) is 38.0 Å². The molecule has 0 amide bonds. The van der Waals surface area contributed by atoms with Gasteiger partial charge in [0.15, 0.2) is 0 Å².